The molecule has 3 fully saturated rings. The zero-order valence-electron chi connectivity index (χ0n) is 14.0. The molecule has 0 aromatic heterocycles. The molecule has 3 heterocycles. The van der Waals surface area contributed by atoms with Gasteiger partial charge in [-0.25, -0.2) is 0 Å². The summed E-state index contributed by atoms with van der Waals surface area (Å²) in [7, 11) is 0. The van der Waals surface area contributed by atoms with E-state index in [9.17, 15) is 4.79 Å². The lowest BCUT2D eigenvalue weighted by Gasteiger charge is -2.39. The van der Waals surface area contributed by atoms with Crippen LogP contribution in [0, 0.1) is 5.92 Å². The Morgan fingerprint density at radius 2 is 1.96 bits per heavy atom. The molecule has 0 bridgehead atoms. The second kappa shape index (κ2) is 6.73. The van der Waals surface area contributed by atoms with Crippen molar-refractivity contribution in [2.45, 2.75) is 37.4 Å². The molecular formula is C19H25NO4. The monoisotopic (exact) mass is 331 g/mol. The summed E-state index contributed by atoms with van der Waals surface area (Å²) in [6.07, 6.45) is 3.69. The highest BCUT2D eigenvalue weighted by atomic mass is 16.6. The molecule has 5 nitrogen and oxygen atoms in total. The number of ether oxygens (including phenoxy) is 3. The number of benzene rings is 1. The van der Waals surface area contributed by atoms with Crippen LogP contribution in [0.25, 0.3) is 0 Å². The van der Waals surface area contributed by atoms with Crippen LogP contribution in [0.5, 0.6) is 5.75 Å². The third-order valence-corrected chi connectivity index (χ3v) is 5.49. The fourth-order valence-electron chi connectivity index (χ4n) is 4.04. The molecule has 1 spiro atoms. The van der Waals surface area contributed by atoms with Gasteiger partial charge in [-0.15, -0.1) is 0 Å². The summed E-state index contributed by atoms with van der Waals surface area (Å²) in [5, 5.41) is 0. The van der Waals surface area contributed by atoms with E-state index < -0.39 is 0 Å². The van der Waals surface area contributed by atoms with Crippen molar-refractivity contribution in [2.24, 2.45) is 5.92 Å². The van der Waals surface area contributed by atoms with Crippen molar-refractivity contribution in [3.05, 3.63) is 30.3 Å². The maximum absolute atomic E-state index is 12.5. The maximum atomic E-state index is 12.5. The highest BCUT2D eigenvalue weighted by Gasteiger charge is 2.45. The Morgan fingerprint density at radius 3 is 2.67 bits per heavy atom. The molecule has 3 aliphatic rings. The number of amides is 1. The van der Waals surface area contributed by atoms with E-state index in [2.05, 4.69) is 0 Å². The second-order valence-corrected chi connectivity index (χ2v) is 7.14. The largest absolute Gasteiger partial charge is 0.488 e. The van der Waals surface area contributed by atoms with Crippen molar-refractivity contribution in [3.8, 4) is 5.75 Å². The molecule has 1 aromatic rings. The van der Waals surface area contributed by atoms with E-state index in [-0.39, 0.29) is 23.5 Å². The average Bonchev–Trinajstić information content (AvgIpc) is 3.27. The fraction of sp³-hybridized carbons (Fsp3) is 0.632. The topological polar surface area (TPSA) is 48.0 Å². The van der Waals surface area contributed by atoms with Crippen LogP contribution in [-0.4, -0.2) is 55.4 Å². The first kappa shape index (κ1) is 15.9. The number of rotatable bonds is 3. The van der Waals surface area contributed by atoms with Gasteiger partial charge >= 0.3 is 0 Å². The van der Waals surface area contributed by atoms with Crippen molar-refractivity contribution in [3.63, 3.8) is 0 Å². The van der Waals surface area contributed by atoms with E-state index in [1.54, 1.807) is 0 Å². The van der Waals surface area contributed by atoms with Gasteiger partial charge in [0.25, 0.3) is 0 Å². The number of hydrogen-bond donors (Lipinski definition) is 0. The first-order valence-electron chi connectivity index (χ1n) is 8.96. The zero-order chi connectivity index (χ0) is 16.4. The number of carbonyl (C=O) groups is 1. The van der Waals surface area contributed by atoms with Gasteiger partial charge in [-0.2, -0.15) is 0 Å². The number of carbonyl (C=O) groups excluding carboxylic acids is 1. The molecule has 5 heteroatoms. The third-order valence-electron chi connectivity index (χ3n) is 5.49. The molecule has 2 atom stereocenters. The Hall–Kier alpha value is -1.59. The maximum Gasteiger partial charge on any atom is 0.228 e. The molecule has 4 rings (SSSR count). The summed E-state index contributed by atoms with van der Waals surface area (Å²) in [6.45, 7) is 3.51. The SMILES string of the molecule is O=C([C@@H]1CCOC1)N1CCC2(CC1)C[C@@H](Oc1ccccc1)CO2. The van der Waals surface area contributed by atoms with Gasteiger partial charge < -0.3 is 19.1 Å². The lowest BCUT2D eigenvalue weighted by molar-refractivity contribution is -0.140. The average molecular weight is 331 g/mol. The van der Waals surface area contributed by atoms with Crippen molar-refractivity contribution in [2.75, 3.05) is 32.9 Å². The number of hydrogen-bond acceptors (Lipinski definition) is 4. The Morgan fingerprint density at radius 1 is 1.17 bits per heavy atom. The van der Waals surface area contributed by atoms with Gasteiger partial charge in [0, 0.05) is 26.1 Å². The van der Waals surface area contributed by atoms with Gasteiger partial charge in [-0.1, -0.05) is 18.2 Å². The van der Waals surface area contributed by atoms with Gasteiger partial charge in [0.1, 0.15) is 11.9 Å². The minimum Gasteiger partial charge on any atom is -0.488 e. The highest BCUT2D eigenvalue weighted by molar-refractivity contribution is 5.79. The molecule has 0 N–H and O–H groups in total. The molecule has 130 valence electrons. The van der Waals surface area contributed by atoms with E-state index in [1.807, 2.05) is 35.2 Å². The lowest BCUT2D eigenvalue weighted by Crippen LogP contribution is -2.48. The number of nitrogens with zero attached hydrogens (tertiary/aromatic N) is 1. The van der Waals surface area contributed by atoms with Gasteiger partial charge in [0.15, 0.2) is 0 Å². The Kier molecular flexibility index (Phi) is 4.46. The molecule has 0 radical (unpaired) electrons. The molecule has 3 saturated heterocycles. The van der Waals surface area contributed by atoms with E-state index in [0.29, 0.717) is 13.2 Å². The van der Waals surface area contributed by atoms with Crippen LogP contribution < -0.4 is 4.74 Å². The summed E-state index contributed by atoms with van der Waals surface area (Å²) >= 11 is 0. The molecule has 0 saturated carbocycles. The summed E-state index contributed by atoms with van der Waals surface area (Å²) in [5.74, 6) is 1.23. The highest BCUT2D eigenvalue weighted by Crippen LogP contribution is 2.37. The van der Waals surface area contributed by atoms with Crippen LogP contribution in [0.15, 0.2) is 30.3 Å². The Bertz CT molecular complexity index is 562. The Balaban J connectivity index is 1.30. The molecule has 3 aliphatic heterocycles. The molecule has 0 aliphatic carbocycles. The molecule has 1 amide bonds. The van der Waals surface area contributed by atoms with E-state index in [0.717, 1.165) is 51.1 Å². The van der Waals surface area contributed by atoms with Crippen molar-refractivity contribution in [1.29, 1.82) is 0 Å². The van der Waals surface area contributed by atoms with Gasteiger partial charge in [0.2, 0.25) is 5.91 Å². The minimum absolute atomic E-state index is 0.0673. The zero-order valence-corrected chi connectivity index (χ0v) is 14.0. The first-order valence-corrected chi connectivity index (χ1v) is 8.96. The summed E-state index contributed by atoms with van der Waals surface area (Å²) < 4.78 is 17.5. The second-order valence-electron chi connectivity index (χ2n) is 7.14. The standard InChI is InChI=1S/C19H25NO4/c21-18(15-6-11-22-13-15)20-9-7-19(8-10-20)12-17(14-23-19)24-16-4-2-1-3-5-16/h1-5,15,17H,6-14H2/t15-,17-/m1/s1. The van der Waals surface area contributed by atoms with Crippen molar-refractivity contribution in [1.82, 2.24) is 4.90 Å². The van der Waals surface area contributed by atoms with Crippen LogP contribution >= 0.6 is 0 Å². The smallest absolute Gasteiger partial charge is 0.228 e. The normalized spacial score (nSPS) is 29.1. The van der Waals surface area contributed by atoms with Crippen LogP contribution in [0.4, 0.5) is 0 Å². The number of para-hydroxylation sites is 1. The number of piperidine rings is 1. The van der Waals surface area contributed by atoms with E-state index in [4.69, 9.17) is 14.2 Å². The van der Waals surface area contributed by atoms with Crippen molar-refractivity contribution >= 4 is 5.91 Å². The van der Waals surface area contributed by atoms with Crippen LogP contribution in [0.1, 0.15) is 25.7 Å². The fourth-order valence-corrected chi connectivity index (χ4v) is 4.04. The molecule has 1 aromatic carbocycles. The van der Waals surface area contributed by atoms with Gasteiger partial charge in [-0.05, 0) is 31.4 Å². The summed E-state index contributed by atoms with van der Waals surface area (Å²) in [5.41, 5.74) is -0.109. The Labute approximate surface area is 142 Å². The van der Waals surface area contributed by atoms with Crippen LogP contribution in [0.2, 0.25) is 0 Å². The molecular weight excluding hydrogens is 306 g/mol. The van der Waals surface area contributed by atoms with Crippen LogP contribution in [0.3, 0.4) is 0 Å². The van der Waals surface area contributed by atoms with Gasteiger partial charge in [0.05, 0.1) is 24.7 Å². The third kappa shape index (κ3) is 3.28. The predicted octanol–water partition coefficient (Wildman–Crippen LogP) is 2.25. The van der Waals surface area contributed by atoms with E-state index >= 15 is 0 Å². The van der Waals surface area contributed by atoms with Crippen molar-refractivity contribution < 1.29 is 19.0 Å². The predicted molar refractivity (Wildman–Crippen MR) is 88.9 cm³/mol. The quantitative estimate of drug-likeness (QED) is 0.852. The first-order chi connectivity index (χ1) is 11.7. The van der Waals surface area contributed by atoms with Crippen LogP contribution in [-0.2, 0) is 14.3 Å². The summed E-state index contributed by atoms with van der Waals surface area (Å²) in [4.78, 5) is 14.5. The van der Waals surface area contributed by atoms with E-state index in [1.165, 1.54) is 0 Å². The molecule has 24 heavy (non-hydrogen) atoms. The van der Waals surface area contributed by atoms with Gasteiger partial charge in [-0.3, -0.25) is 4.79 Å². The summed E-state index contributed by atoms with van der Waals surface area (Å²) in [6, 6.07) is 9.92. The minimum atomic E-state index is -0.109. The molecule has 0 unspecified atom stereocenters. The number of likely N-dealkylation sites (tertiary alicyclic amines) is 1. The lowest BCUT2D eigenvalue weighted by atomic mass is 9.87.